The lowest BCUT2D eigenvalue weighted by molar-refractivity contribution is -0.147. The Labute approximate surface area is 228 Å². The summed E-state index contributed by atoms with van der Waals surface area (Å²) in [6, 6.07) is 6.63. The lowest BCUT2D eigenvalue weighted by Crippen LogP contribution is -2.48. The first-order chi connectivity index (χ1) is 19.2. The van der Waals surface area contributed by atoms with Gasteiger partial charge in [-0.05, 0) is 49.9 Å². The van der Waals surface area contributed by atoms with Crippen molar-refractivity contribution in [3.63, 3.8) is 0 Å². The topological polar surface area (TPSA) is 177 Å². The lowest BCUT2D eigenvalue weighted by Gasteiger charge is -2.24. The number of nitrogens with one attached hydrogen (secondary N) is 3. The van der Waals surface area contributed by atoms with Gasteiger partial charge in [-0.1, -0.05) is 26.0 Å². The number of H-pyrrole nitrogens is 1. The number of carboxylic acid groups (broad SMARTS) is 1. The number of aromatic amines is 1. The smallest absolute Gasteiger partial charge is 0.332 e. The van der Waals surface area contributed by atoms with E-state index in [1.54, 1.807) is 36.4 Å². The lowest BCUT2D eigenvalue weighted by atomic mass is 9.82. The molecule has 0 spiro atoms. The van der Waals surface area contributed by atoms with Crippen LogP contribution in [0.25, 0.3) is 22.6 Å². The highest BCUT2D eigenvalue weighted by Gasteiger charge is 2.34. The summed E-state index contributed by atoms with van der Waals surface area (Å²) in [5.41, 5.74) is 4.93. The van der Waals surface area contributed by atoms with Crippen LogP contribution in [0.5, 0.6) is 5.75 Å². The van der Waals surface area contributed by atoms with Gasteiger partial charge in [-0.25, -0.2) is 9.78 Å². The molecule has 0 aliphatic heterocycles. The number of aromatic nitrogens is 4. The number of nitrogens with zero attached hydrogens (tertiary/aromatic N) is 3. The summed E-state index contributed by atoms with van der Waals surface area (Å²) in [5, 5.41) is 9.31. The first kappa shape index (κ1) is 28.3. The molecule has 1 aliphatic rings. The van der Waals surface area contributed by atoms with Crippen molar-refractivity contribution < 1.29 is 24.2 Å². The quantitative estimate of drug-likeness (QED) is 0.216. The number of hydrogen-bond donors (Lipinski definition) is 4. The second-order valence-electron chi connectivity index (χ2n) is 9.52. The summed E-state index contributed by atoms with van der Waals surface area (Å²) >= 11 is 0. The van der Waals surface area contributed by atoms with Crippen LogP contribution >= 0.6 is 0 Å². The van der Waals surface area contributed by atoms with Crippen LogP contribution < -0.4 is 26.8 Å². The molecule has 0 saturated carbocycles. The van der Waals surface area contributed by atoms with Gasteiger partial charge in [0.05, 0.1) is 11.8 Å². The second kappa shape index (κ2) is 12.5. The van der Waals surface area contributed by atoms with Crippen molar-refractivity contribution in [2.75, 3.05) is 6.61 Å². The van der Waals surface area contributed by atoms with Crippen LogP contribution in [0.3, 0.4) is 0 Å². The number of fused-ring (bicyclic) bond motifs is 1. The fraction of sp³-hybridized carbons (Fsp3) is 0.407. The van der Waals surface area contributed by atoms with Gasteiger partial charge in [0.15, 0.2) is 12.3 Å². The molecule has 13 nitrogen and oxygen atoms in total. The highest BCUT2D eigenvalue weighted by atomic mass is 16.5. The van der Waals surface area contributed by atoms with Crippen LogP contribution in [0, 0.1) is 11.8 Å². The molecule has 13 heteroatoms. The van der Waals surface area contributed by atoms with Gasteiger partial charge in [0.25, 0.3) is 11.5 Å². The molecule has 2 unspecified atom stereocenters. The fourth-order valence-electron chi connectivity index (χ4n) is 4.64. The van der Waals surface area contributed by atoms with E-state index in [0.29, 0.717) is 48.7 Å². The second-order valence-corrected chi connectivity index (χ2v) is 9.52. The predicted molar refractivity (Wildman–Crippen MR) is 145 cm³/mol. The normalized spacial score (nSPS) is 16.6. The molecule has 1 aromatic carbocycles. The minimum absolute atomic E-state index is 0.254. The van der Waals surface area contributed by atoms with Gasteiger partial charge in [0.2, 0.25) is 5.91 Å². The number of benzene rings is 1. The number of carboxylic acids is 1. The molecule has 1 aliphatic carbocycles. The molecule has 4 rings (SSSR count). The zero-order chi connectivity index (χ0) is 28.8. The Morgan fingerprint density at radius 3 is 2.30 bits per heavy atom. The Balaban J connectivity index is 1.40. The van der Waals surface area contributed by atoms with Gasteiger partial charge in [-0.3, -0.25) is 39.2 Å². The van der Waals surface area contributed by atoms with E-state index in [0.717, 1.165) is 0 Å². The third-order valence-corrected chi connectivity index (χ3v) is 6.66. The average molecular weight is 553 g/mol. The van der Waals surface area contributed by atoms with Crippen molar-refractivity contribution in [1.29, 1.82) is 0 Å². The number of carbonyl (C=O) groups excluding carboxylic acids is 2. The molecule has 2 heterocycles. The Kier molecular flexibility index (Phi) is 8.82. The van der Waals surface area contributed by atoms with Crippen molar-refractivity contribution >= 4 is 28.9 Å². The Morgan fingerprint density at radius 2 is 1.65 bits per heavy atom. The Morgan fingerprint density at radius 1 is 1.00 bits per heavy atom. The van der Waals surface area contributed by atoms with Gasteiger partial charge < -0.3 is 14.8 Å². The first-order valence-electron chi connectivity index (χ1n) is 13.2. The first-order valence-corrected chi connectivity index (χ1v) is 13.2. The summed E-state index contributed by atoms with van der Waals surface area (Å²) in [7, 11) is 0. The fourth-order valence-corrected chi connectivity index (χ4v) is 4.64. The number of carbonyl (C=O) groups is 3. The van der Waals surface area contributed by atoms with E-state index in [-0.39, 0.29) is 24.0 Å². The molecule has 0 saturated heterocycles. The summed E-state index contributed by atoms with van der Waals surface area (Å²) in [6.45, 7) is 4.19. The van der Waals surface area contributed by atoms with Gasteiger partial charge in [-0.15, -0.1) is 0 Å². The van der Waals surface area contributed by atoms with Crippen molar-refractivity contribution in [1.82, 2.24) is 30.0 Å². The molecule has 3 aromatic rings. The number of imidazole rings is 1. The number of ether oxygens (including phenoxy) is 1. The van der Waals surface area contributed by atoms with Crippen molar-refractivity contribution in [2.45, 2.75) is 52.6 Å². The zero-order valence-electron chi connectivity index (χ0n) is 22.3. The van der Waals surface area contributed by atoms with Crippen molar-refractivity contribution in [3.05, 3.63) is 57.3 Å². The number of rotatable bonds is 10. The molecular formula is C27H32N6O7. The molecule has 2 atom stereocenters. The molecule has 4 N–H and O–H groups in total. The maximum absolute atomic E-state index is 12.9. The Hall–Kier alpha value is -4.68. The molecule has 0 bridgehead atoms. The highest BCUT2D eigenvalue weighted by Crippen LogP contribution is 2.26. The molecule has 2 aromatic heterocycles. The van der Waals surface area contributed by atoms with Crippen molar-refractivity contribution in [2.24, 2.45) is 11.8 Å². The van der Waals surface area contributed by atoms with E-state index in [4.69, 9.17) is 4.74 Å². The third kappa shape index (κ3) is 5.98. The zero-order valence-corrected chi connectivity index (χ0v) is 22.3. The minimum Gasteiger partial charge on any atom is -0.484 e. The van der Waals surface area contributed by atoms with Crippen LogP contribution in [0.4, 0.5) is 0 Å². The van der Waals surface area contributed by atoms with Crippen LogP contribution in [-0.2, 0) is 27.5 Å². The van der Waals surface area contributed by atoms with Gasteiger partial charge in [-0.2, -0.15) is 0 Å². The number of hydrogen-bond acceptors (Lipinski definition) is 7. The summed E-state index contributed by atoms with van der Waals surface area (Å²) in [4.78, 5) is 69.3. The van der Waals surface area contributed by atoms with Gasteiger partial charge in [0.1, 0.15) is 17.1 Å². The van der Waals surface area contributed by atoms with E-state index in [9.17, 15) is 29.1 Å². The molecule has 40 heavy (non-hydrogen) atoms. The van der Waals surface area contributed by atoms with E-state index < -0.39 is 41.8 Å². The number of aryl methyl sites for hydroxylation is 1. The summed E-state index contributed by atoms with van der Waals surface area (Å²) in [5.74, 6) is -3.10. The number of amides is 2. The van der Waals surface area contributed by atoms with E-state index in [2.05, 4.69) is 20.8 Å². The molecule has 0 radical (unpaired) electrons. The summed E-state index contributed by atoms with van der Waals surface area (Å²) in [6.07, 6.45) is 5.34. The minimum atomic E-state index is -1.06. The number of allylic oxidation sites excluding steroid dienone is 2. The summed E-state index contributed by atoms with van der Waals surface area (Å²) < 4.78 is 8.22. The number of hydrazine groups is 1. The monoisotopic (exact) mass is 552 g/mol. The van der Waals surface area contributed by atoms with Crippen LogP contribution in [0.15, 0.2) is 46.0 Å². The molecule has 0 fully saturated rings. The largest absolute Gasteiger partial charge is 0.484 e. The van der Waals surface area contributed by atoms with Crippen LogP contribution in [0.2, 0.25) is 0 Å². The maximum atomic E-state index is 12.9. The van der Waals surface area contributed by atoms with Crippen molar-refractivity contribution in [3.8, 4) is 17.1 Å². The Bertz CT molecular complexity index is 1550. The van der Waals surface area contributed by atoms with Crippen LogP contribution in [0.1, 0.15) is 39.5 Å². The van der Waals surface area contributed by atoms with E-state index >= 15 is 0 Å². The maximum Gasteiger partial charge on any atom is 0.332 e. The molecule has 2 amide bonds. The predicted octanol–water partition coefficient (Wildman–Crippen LogP) is 1.57. The molecular weight excluding hydrogens is 520 g/mol. The number of aliphatic carboxylic acids is 1. The van der Waals surface area contributed by atoms with Crippen LogP contribution in [-0.4, -0.2) is 48.6 Å². The van der Waals surface area contributed by atoms with Gasteiger partial charge in [0, 0.05) is 18.7 Å². The standard InChI is InChI=1S/C27H32N6O7/c1-3-13-32-23-21(25(36)33(14-4-2)27(32)39)28-22(29-23)16-9-11-17(12-10-16)40-15-20(34)30-31-24(35)18-7-5-6-8-19(18)26(37)38/h5-6,9-12,18-19H,3-4,7-8,13-15H2,1-2H3,(H,28,29)(H,30,34)(H,31,35)(H,37,38). The third-order valence-electron chi connectivity index (χ3n) is 6.66. The molecule has 212 valence electrons. The SMILES string of the molecule is CCCn1c(=O)c2[nH]c(-c3ccc(OCC(=O)NNC(=O)C4CC=CCC4C(=O)O)cc3)nc2n(CCC)c1=O. The average Bonchev–Trinajstić information content (AvgIpc) is 3.41. The van der Waals surface area contributed by atoms with E-state index in [1.165, 1.54) is 9.13 Å². The highest BCUT2D eigenvalue weighted by molar-refractivity contribution is 5.87. The van der Waals surface area contributed by atoms with Gasteiger partial charge >= 0.3 is 11.7 Å². The van der Waals surface area contributed by atoms with E-state index in [1.807, 2.05) is 13.8 Å².